The molecular weight excluding hydrogens is 352 g/mol. The van der Waals surface area contributed by atoms with Crippen LogP contribution in [0.15, 0.2) is 15.2 Å². The van der Waals surface area contributed by atoms with Crippen molar-refractivity contribution in [1.29, 1.82) is 0 Å². The predicted molar refractivity (Wildman–Crippen MR) is 85.0 cm³/mol. The molecule has 0 spiro atoms. The number of furan rings is 1. The molecule has 1 aliphatic heterocycles. The minimum Gasteiger partial charge on any atom is -0.480 e. The van der Waals surface area contributed by atoms with Gasteiger partial charge in [-0.2, -0.15) is 0 Å². The summed E-state index contributed by atoms with van der Waals surface area (Å²) in [6, 6.07) is 1.98. The highest BCUT2D eigenvalue weighted by Crippen LogP contribution is 2.23. The van der Waals surface area contributed by atoms with Gasteiger partial charge in [-0.05, 0) is 55.2 Å². The number of rotatable bonds is 4. The van der Waals surface area contributed by atoms with Gasteiger partial charge in [0.25, 0.3) is 5.91 Å². The van der Waals surface area contributed by atoms with E-state index in [4.69, 9.17) is 9.52 Å². The Hall–Kier alpha value is -1.34. The maximum Gasteiger partial charge on any atom is 0.317 e. The van der Waals surface area contributed by atoms with Crippen LogP contribution in [0.4, 0.5) is 0 Å². The molecule has 1 fully saturated rings. The molecule has 122 valence electrons. The zero-order valence-electron chi connectivity index (χ0n) is 12.8. The molecule has 1 N–H and O–H groups in total. The molecule has 7 heteroatoms. The summed E-state index contributed by atoms with van der Waals surface area (Å²) in [7, 11) is 1.82. The van der Waals surface area contributed by atoms with Gasteiger partial charge in [0.1, 0.15) is 0 Å². The van der Waals surface area contributed by atoms with Gasteiger partial charge in [-0.3, -0.25) is 14.5 Å². The maximum atomic E-state index is 12.5. The summed E-state index contributed by atoms with van der Waals surface area (Å²) in [6.45, 7) is 3.17. The van der Waals surface area contributed by atoms with Crippen molar-refractivity contribution < 1.29 is 19.1 Å². The normalized spacial score (nSPS) is 19.3. The smallest absolute Gasteiger partial charge is 0.317 e. The van der Waals surface area contributed by atoms with Gasteiger partial charge < -0.3 is 14.4 Å². The molecule has 1 saturated heterocycles. The summed E-state index contributed by atoms with van der Waals surface area (Å²) in [4.78, 5) is 27.0. The number of likely N-dealkylation sites (tertiary alicyclic amines) is 1. The molecule has 1 amide bonds. The highest BCUT2D eigenvalue weighted by atomic mass is 79.9. The number of amides is 1. The van der Waals surface area contributed by atoms with E-state index in [9.17, 15) is 9.59 Å². The van der Waals surface area contributed by atoms with Crippen LogP contribution < -0.4 is 0 Å². The minimum atomic E-state index is -0.823. The number of nitrogens with zero attached hydrogens (tertiary/aromatic N) is 2. The van der Waals surface area contributed by atoms with Crippen molar-refractivity contribution in [2.45, 2.75) is 32.2 Å². The molecule has 2 rings (SSSR count). The maximum absolute atomic E-state index is 12.5. The molecule has 1 unspecified atom stereocenters. The Kier molecular flexibility index (Phi) is 5.63. The summed E-state index contributed by atoms with van der Waals surface area (Å²) in [5.41, 5.74) is 0.820. The summed E-state index contributed by atoms with van der Waals surface area (Å²) in [5.74, 6) is -0.537. The van der Waals surface area contributed by atoms with Crippen molar-refractivity contribution in [3.63, 3.8) is 0 Å². The topological polar surface area (TPSA) is 74.0 Å². The van der Waals surface area contributed by atoms with Gasteiger partial charge in [0.15, 0.2) is 10.4 Å². The molecule has 0 radical (unpaired) electrons. The van der Waals surface area contributed by atoms with E-state index in [2.05, 4.69) is 15.9 Å². The van der Waals surface area contributed by atoms with Gasteiger partial charge >= 0.3 is 5.97 Å². The predicted octanol–water partition coefficient (Wildman–Crippen LogP) is 2.36. The Morgan fingerprint density at radius 3 is 2.77 bits per heavy atom. The quantitative estimate of drug-likeness (QED) is 0.877. The average Bonchev–Trinajstić information content (AvgIpc) is 2.65. The number of likely N-dealkylation sites (N-methyl/N-ethyl adjacent to an activating group) is 1. The van der Waals surface area contributed by atoms with Crippen molar-refractivity contribution in [3.8, 4) is 0 Å². The van der Waals surface area contributed by atoms with Gasteiger partial charge in [-0.25, -0.2) is 0 Å². The Morgan fingerprint density at radius 2 is 2.18 bits per heavy atom. The van der Waals surface area contributed by atoms with Crippen LogP contribution >= 0.6 is 15.9 Å². The van der Waals surface area contributed by atoms with E-state index < -0.39 is 5.97 Å². The largest absolute Gasteiger partial charge is 0.480 e. The Bertz CT molecular complexity index is 558. The molecule has 22 heavy (non-hydrogen) atoms. The molecule has 1 atom stereocenters. The molecule has 6 nitrogen and oxygen atoms in total. The monoisotopic (exact) mass is 372 g/mol. The van der Waals surface area contributed by atoms with E-state index in [0.29, 0.717) is 23.5 Å². The zero-order valence-corrected chi connectivity index (χ0v) is 14.4. The lowest BCUT2D eigenvalue weighted by molar-refractivity contribution is -0.138. The van der Waals surface area contributed by atoms with E-state index in [-0.39, 0.29) is 18.5 Å². The van der Waals surface area contributed by atoms with E-state index in [0.717, 1.165) is 24.8 Å². The molecule has 2 heterocycles. The highest BCUT2D eigenvalue weighted by molar-refractivity contribution is 9.10. The second kappa shape index (κ2) is 7.28. The lowest BCUT2D eigenvalue weighted by atomic mass is 10.1. The zero-order chi connectivity index (χ0) is 16.3. The fourth-order valence-electron chi connectivity index (χ4n) is 2.86. The average molecular weight is 373 g/mol. The van der Waals surface area contributed by atoms with E-state index in [1.165, 1.54) is 0 Å². The SMILES string of the molecule is Cc1cc(Br)oc1C(=O)N1CCCC(N(C)CC(=O)O)CC1. The second-order valence-corrected chi connectivity index (χ2v) is 6.53. The standard InChI is InChI=1S/C15H21BrN2O4/c1-10-8-12(16)22-14(10)15(21)18-6-3-4-11(5-7-18)17(2)9-13(19)20/h8,11H,3-7,9H2,1-2H3,(H,19,20). The molecule has 0 aromatic carbocycles. The number of carboxylic acids is 1. The Balaban J connectivity index is 1.99. The number of hydrogen-bond acceptors (Lipinski definition) is 4. The van der Waals surface area contributed by atoms with Crippen molar-refractivity contribution in [3.05, 3.63) is 22.1 Å². The van der Waals surface area contributed by atoms with E-state index in [1.807, 2.05) is 18.9 Å². The Labute approximate surface area is 138 Å². The molecule has 0 aliphatic carbocycles. The van der Waals surface area contributed by atoms with Gasteiger partial charge in [-0.15, -0.1) is 0 Å². The lowest BCUT2D eigenvalue weighted by Gasteiger charge is -2.25. The number of halogens is 1. The third-order valence-electron chi connectivity index (χ3n) is 4.07. The van der Waals surface area contributed by atoms with Crippen LogP contribution in [0.5, 0.6) is 0 Å². The van der Waals surface area contributed by atoms with Crippen LogP contribution in [0.2, 0.25) is 0 Å². The molecule has 1 aromatic rings. The number of carboxylic acid groups (broad SMARTS) is 1. The molecule has 0 bridgehead atoms. The van der Waals surface area contributed by atoms with Gasteiger partial charge in [0.2, 0.25) is 0 Å². The van der Waals surface area contributed by atoms with Gasteiger partial charge in [-0.1, -0.05) is 0 Å². The van der Waals surface area contributed by atoms with Crippen molar-refractivity contribution in [2.75, 3.05) is 26.7 Å². The van der Waals surface area contributed by atoms with Crippen LogP contribution in [0.3, 0.4) is 0 Å². The fourth-order valence-corrected chi connectivity index (χ4v) is 3.37. The van der Waals surface area contributed by atoms with Crippen LogP contribution in [-0.2, 0) is 4.79 Å². The van der Waals surface area contributed by atoms with Gasteiger partial charge in [0, 0.05) is 24.7 Å². The van der Waals surface area contributed by atoms with Crippen LogP contribution in [0.1, 0.15) is 35.4 Å². The van der Waals surface area contributed by atoms with E-state index >= 15 is 0 Å². The van der Waals surface area contributed by atoms with Gasteiger partial charge in [0.05, 0.1) is 6.54 Å². The Morgan fingerprint density at radius 1 is 1.45 bits per heavy atom. The third kappa shape index (κ3) is 4.10. The first-order valence-corrected chi connectivity index (χ1v) is 8.15. The number of aliphatic carboxylic acids is 1. The second-order valence-electron chi connectivity index (χ2n) is 5.75. The van der Waals surface area contributed by atoms with Crippen molar-refractivity contribution >= 4 is 27.8 Å². The number of aryl methyl sites for hydroxylation is 1. The van der Waals surface area contributed by atoms with Crippen molar-refractivity contribution in [1.82, 2.24) is 9.80 Å². The fraction of sp³-hybridized carbons (Fsp3) is 0.600. The lowest BCUT2D eigenvalue weighted by Crippen LogP contribution is -2.37. The van der Waals surface area contributed by atoms with Crippen LogP contribution in [0, 0.1) is 6.92 Å². The highest BCUT2D eigenvalue weighted by Gasteiger charge is 2.27. The molecule has 1 aliphatic rings. The summed E-state index contributed by atoms with van der Waals surface area (Å²) >= 11 is 3.24. The summed E-state index contributed by atoms with van der Waals surface area (Å²) < 4.78 is 5.99. The molecule has 0 saturated carbocycles. The number of hydrogen-bond donors (Lipinski definition) is 1. The summed E-state index contributed by atoms with van der Waals surface area (Å²) in [5, 5.41) is 8.88. The first kappa shape index (κ1) is 17.0. The third-order valence-corrected chi connectivity index (χ3v) is 4.47. The van der Waals surface area contributed by atoms with Crippen LogP contribution in [-0.4, -0.2) is 59.5 Å². The minimum absolute atomic E-state index is 0.0306. The number of carbonyl (C=O) groups is 2. The van der Waals surface area contributed by atoms with Crippen molar-refractivity contribution in [2.24, 2.45) is 0 Å². The molecule has 1 aromatic heterocycles. The first-order valence-electron chi connectivity index (χ1n) is 7.35. The van der Waals surface area contributed by atoms with E-state index in [1.54, 1.807) is 11.0 Å². The molecular formula is C15H21BrN2O4. The summed E-state index contributed by atoms with van der Waals surface area (Å²) in [6.07, 6.45) is 2.53. The first-order chi connectivity index (χ1) is 10.4. The number of carbonyl (C=O) groups excluding carboxylic acids is 1. The van der Waals surface area contributed by atoms with Crippen LogP contribution in [0.25, 0.3) is 0 Å².